The highest BCUT2D eigenvalue weighted by atomic mass is 32.2. The monoisotopic (exact) mass is 427 g/mol. The molecule has 0 atom stereocenters. The highest BCUT2D eigenvalue weighted by molar-refractivity contribution is 8.18. The summed E-state index contributed by atoms with van der Waals surface area (Å²) in [6, 6.07) is 10.3. The van der Waals surface area contributed by atoms with Crippen LogP contribution in [0.2, 0.25) is 0 Å². The maximum Gasteiger partial charge on any atom is 0.294 e. The molecule has 0 bridgehead atoms. The van der Waals surface area contributed by atoms with Gasteiger partial charge in [-0.05, 0) is 36.0 Å². The summed E-state index contributed by atoms with van der Waals surface area (Å²) >= 11 is 0.733. The molecule has 9 heteroatoms. The summed E-state index contributed by atoms with van der Waals surface area (Å²) in [4.78, 5) is 38.1. The lowest BCUT2D eigenvalue weighted by atomic mass is 10.1. The van der Waals surface area contributed by atoms with Crippen LogP contribution >= 0.6 is 11.8 Å². The number of nitrogens with one attached hydrogen (secondary N) is 1. The third kappa shape index (κ3) is 3.71. The van der Waals surface area contributed by atoms with E-state index in [2.05, 4.69) is 5.32 Å². The van der Waals surface area contributed by atoms with Gasteiger partial charge in [-0.3, -0.25) is 19.3 Å². The second-order valence-electron chi connectivity index (χ2n) is 6.65. The Kier molecular flexibility index (Phi) is 5.13. The summed E-state index contributed by atoms with van der Waals surface area (Å²) in [5, 5.41) is 2.57. The molecule has 0 aliphatic carbocycles. The summed E-state index contributed by atoms with van der Waals surface area (Å²) in [5.41, 5.74) is 1.51. The number of anilines is 1. The van der Waals surface area contributed by atoms with Crippen molar-refractivity contribution in [3.63, 3.8) is 0 Å². The van der Waals surface area contributed by atoms with Crippen molar-refractivity contribution in [1.82, 2.24) is 9.47 Å². The van der Waals surface area contributed by atoms with Crippen molar-refractivity contribution < 1.29 is 23.2 Å². The first kappa shape index (κ1) is 19.8. The maximum atomic E-state index is 13.7. The summed E-state index contributed by atoms with van der Waals surface area (Å²) in [7, 11) is 1.88. The van der Waals surface area contributed by atoms with Crippen molar-refractivity contribution in [1.29, 1.82) is 0 Å². The Bertz CT molecular complexity index is 1240. The van der Waals surface area contributed by atoms with Crippen LogP contribution in [0.5, 0.6) is 0 Å². The zero-order valence-electron chi connectivity index (χ0n) is 15.7. The Balaban J connectivity index is 1.52. The molecule has 3 amide bonds. The molecule has 1 N–H and O–H groups in total. The SMILES string of the molecule is Cn1cc(/C=C2\SC(=O)N(CC(=O)Nc3ccc(F)cc3F)C2=O)c2ccccc21. The van der Waals surface area contributed by atoms with E-state index in [1.165, 1.54) is 0 Å². The minimum Gasteiger partial charge on any atom is -0.350 e. The fourth-order valence-electron chi connectivity index (χ4n) is 3.19. The average molecular weight is 427 g/mol. The summed E-state index contributed by atoms with van der Waals surface area (Å²) < 4.78 is 28.6. The number of halogens is 2. The van der Waals surface area contributed by atoms with E-state index in [1.54, 1.807) is 6.08 Å². The largest absolute Gasteiger partial charge is 0.350 e. The van der Waals surface area contributed by atoms with Gasteiger partial charge in [0.15, 0.2) is 0 Å². The van der Waals surface area contributed by atoms with Crippen molar-refractivity contribution in [2.45, 2.75) is 0 Å². The smallest absolute Gasteiger partial charge is 0.294 e. The fraction of sp³-hybridized carbons (Fsp3) is 0.0952. The van der Waals surface area contributed by atoms with E-state index in [4.69, 9.17) is 0 Å². The van der Waals surface area contributed by atoms with Crippen LogP contribution in [-0.4, -0.2) is 33.1 Å². The van der Waals surface area contributed by atoms with Crippen molar-refractivity contribution in [3.8, 4) is 0 Å². The first-order valence-electron chi connectivity index (χ1n) is 8.88. The van der Waals surface area contributed by atoms with Gasteiger partial charge in [0, 0.05) is 35.8 Å². The number of imide groups is 1. The van der Waals surface area contributed by atoms with Gasteiger partial charge in [-0.1, -0.05) is 18.2 Å². The number of hydrogen-bond donors (Lipinski definition) is 1. The van der Waals surface area contributed by atoms with Gasteiger partial charge < -0.3 is 9.88 Å². The predicted octanol–water partition coefficient (Wildman–Crippen LogP) is 4.13. The molecule has 2 aromatic carbocycles. The number of thioether (sulfide) groups is 1. The normalized spacial score (nSPS) is 15.4. The second kappa shape index (κ2) is 7.75. The number of carbonyl (C=O) groups excluding carboxylic acids is 3. The lowest BCUT2D eigenvalue weighted by molar-refractivity contribution is -0.127. The Hall–Kier alpha value is -3.46. The van der Waals surface area contributed by atoms with Crippen molar-refractivity contribution >= 4 is 51.5 Å². The summed E-state index contributed by atoms with van der Waals surface area (Å²) in [5.74, 6) is -3.11. The Morgan fingerprint density at radius 2 is 1.93 bits per heavy atom. The zero-order valence-corrected chi connectivity index (χ0v) is 16.5. The Labute approximate surface area is 174 Å². The molecule has 1 fully saturated rings. The number of hydrogen-bond acceptors (Lipinski definition) is 4. The average Bonchev–Trinajstić information content (AvgIpc) is 3.16. The third-order valence-electron chi connectivity index (χ3n) is 4.59. The van der Waals surface area contributed by atoms with Crippen molar-refractivity contribution in [3.05, 3.63) is 70.8 Å². The topological polar surface area (TPSA) is 71.4 Å². The molecule has 1 aromatic heterocycles. The molecule has 1 aliphatic heterocycles. The van der Waals surface area contributed by atoms with Crippen molar-refractivity contribution in [2.24, 2.45) is 7.05 Å². The predicted molar refractivity (Wildman–Crippen MR) is 111 cm³/mol. The van der Waals surface area contributed by atoms with Crippen LogP contribution in [0, 0.1) is 11.6 Å². The number of fused-ring (bicyclic) bond motifs is 1. The summed E-state index contributed by atoms with van der Waals surface area (Å²) in [6.07, 6.45) is 3.47. The van der Waals surface area contributed by atoms with Crippen LogP contribution in [0.15, 0.2) is 53.6 Å². The quantitative estimate of drug-likeness (QED) is 0.636. The zero-order chi connectivity index (χ0) is 21.4. The molecule has 4 rings (SSSR count). The molecular weight excluding hydrogens is 412 g/mol. The number of carbonyl (C=O) groups is 3. The molecule has 3 aromatic rings. The highest BCUT2D eigenvalue weighted by Gasteiger charge is 2.36. The van der Waals surface area contributed by atoms with Crippen LogP contribution < -0.4 is 5.32 Å². The maximum absolute atomic E-state index is 13.7. The Morgan fingerprint density at radius 3 is 2.70 bits per heavy atom. The molecule has 0 radical (unpaired) electrons. The third-order valence-corrected chi connectivity index (χ3v) is 5.50. The molecule has 0 spiro atoms. The van der Waals surface area contributed by atoms with Crippen LogP contribution in [0.25, 0.3) is 17.0 Å². The fourth-order valence-corrected chi connectivity index (χ4v) is 4.02. The number of aromatic nitrogens is 1. The number of benzene rings is 2. The van der Waals surface area contributed by atoms with Crippen LogP contribution in [-0.2, 0) is 16.6 Å². The van der Waals surface area contributed by atoms with Gasteiger partial charge >= 0.3 is 0 Å². The lowest BCUT2D eigenvalue weighted by Gasteiger charge is -2.12. The Morgan fingerprint density at radius 1 is 1.17 bits per heavy atom. The van der Waals surface area contributed by atoms with E-state index in [0.717, 1.165) is 45.3 Å². The molecule has 6 nitrogen and oxygen atoms in total. The number of aryl methyl sites for hydroxylation is 1. The molecule has 2 heterocycles. The second-order valence-corrected chi connectivity index (χ2v) is 7.65. The molecule has 30 heavy (non-hydrogen) atoms. The van der Waals surface area contributed by atoms with Gasteiger partial charge in [0.05, 0.1) is 10.6 Å². The van der Waals surface area contributed by atoms with Crippen LogP contribution in [0.1, 0.15) is 5.56 Å². The van der Waals surface area contributed by atoms with E-state index < -0.39 is 35.2 Å². The standard InChI is InChI=1S/C21H15F2N3O3S/c1-25-10-12(14-4-2-3-5-17(14)25)8-18-20(28)26(21(29)30-18)11-19(27)24-16-7-6-13(22)9-15(16)23/h2-10H,11H2,1H3,(H,24,27)/b18-8-. The van der Waals surface area contributed by atoms with Crippen molar-refractivity contribution in [2.75, 3.05) is 11.9 Å². The van der Waals surface area contributed by atoms with Crippen LogP contribution in [0.3, 0.4) is 0 Å². The highest BCUT2D eigenvalue weighted by Crippen LogP contribution is 2.34. The molecule has 0 saturated carbocycles. The van der Waals surface area contributed by atoms with Gasteiger partial charge in [-0.2, -0.15) is 0 Å². The number of rotatable bonds is 4. The first-order chi connectivity index (χ1) is 14.3. The molecule has 1 saturated heterocycles. The number of amides is 3. The van der Waals surface area contributed by atoms with E-state index in [-0.39, 0.29) is 10.6 Å². The summed E-state index contributed by atoms with van der Waals surface area (Å²) in [6.45, 7) is -0.575. The van der Waals surface area contributed by atoms with Gasteiger partial charge in [-0.25, -0.2) is 8.78 Å². The minimum absolute atomic E-state index is 0.192. The van der Waals surface area contributed by atoms with Gasteiger partial charge in [-0.15, -0.1) is 0 Å². The van der Waals surface area contributed by atoms with E-state index in [1.807, 2.05) is 42.1 Å². The van der Waals surface area contributed by atoms with Gasteiger partial charge in [0.2, 0.25) is 5.91 Å². The minimum atomic E-state index is -0.951. The molecule has 1 aliphatic rings. The molecular formula is C21H15F2N3O3S. The van der Waals surface area contributed by atoms with Crippen LogP contribution in [0.4, 0.5) is 19.3 Å². The van der Waals surface area contributed by atoms with E-state index in [9.17, 15) is 23.2 Å². The molecule has 0 unspecified atom stereocenters. The number of nitrogens with zero attached hydrogens (tertiary/aromatic N) is 2. The van der Waals surface area contributed by atoms with Gasteiger partial charge in [0.25, 0.3) is 11.1 Å². The lowest BCUT2D eigenvalue weighted by Crippen LogP contribution is -2.36. The number of para-hydroxylation sites is 1. The van der Waals surface area contributed by atoms with E-state index in [0.29, 0.717) is 6.07 Å². The molecule has 152 valence electrons. The van der Waals surface area contributed by atoms with E-state index >= 15 is 0 Å². The van der Waals surface area contributed by atoms with Gasteiger partial charge in [0.1, 0.15) is 18.2 Å². The first-order valence-corrected chi connectivity index (χ1v) is 9.69.